The molecule has 0 spiro atoms. The van der Waals surface area contributed by atoms with Crippen molar-refractivity contribution in [3.8, 4) is 11.5 Å². The molecule has 1 fully saturated rings. The molecule has 1 heterocycles. The van der Waals surface area contributed by atoms with Gasteiger partial charge >= 0.3 is 6.09 Å². The fourth-order valence-electron chi connectivity index (χ4n) is 8.06. The summed E-state index contributed by atoms with van der Waals surface area (Å²) in [6, 6.07) is 5.32. The van der Waals surface area contributed by atoms with Crippen LogP contribution in [0.2, 0.25) is 0 Å². The van der Waals surface area contributed by atoms with Crippen LogP contribution < -0.4 is 9.47 Å². The maximum atomic E-state index is 14.3. The average molecular weight is 739 g/mol. The lowest BCUT2D eigenvalue weighted by molar-refractivity contribution is -0.255. The van der Waals surface area contributed by atoms with E-state index in [1.54, 1.807) is 17.1 Å². The van der Waals surface area contributed by atoms with Gasteiger partial charge in [0.25, 0.3) is 0 Å². The molecule has 10 heteroatoms. The van der Waals surface area contributed by atoms with Gasteiger partial charge in [0.2, 0.25) is 5.79 Å². The van der Waals surface area contributed by atoms with E-state index in [2.05, 4.69) is 25.3 Å². The molecule has 1 aliphatic heterocycles. The molecule has 2 aliphatic carbocycles. The van der Waals surface area contributed by atoms with Crippen molar-refractivity contribution >= 4 is 11.8 Å². The van der Waals surface area contributed by atoms with Crippen molar-refractivity contribution in [1.29, 1.82) is 0 Å². The Labute approximate surface area is 318 Å². The van der Waals surface area contributed by atoms with Gasteiger partial charge in [-0.3, -0.25) is 4.90 Å². The van der Waals surface area contributed by atoms with Gasteiger partial charge in [0.15, 0.2) is 0 Å². The number of rotatable bonds is 19. The molecule has 1 aromatic rings. The van der Waals surface area contributed by atoms with E-state index < -0.39 is 29.4 Å². The van der Waals surface area contributed by atoms with E-state index in [-0.39, 0.29) is 49.6 Å². The van der Waals surface area contributed by atoms with Crippen LogP contribution in [0.3, 0.4) is 0 Å². The van der Waals surface area contributed by atoms with E-state index in [0.717, 1.165) is 42.5 Å². The zero-order valence-corrected chi connectivity index (χ0v) is 33.4. The number of hydrogen-bond acceptors (Lipinski definition) is 9. The van der Waals surface area contributed by atoms with Crippen LogP contribution in [0.5, 0.6) is 11.5 Å². The Morgan fingerprint density at radius 3 is 2.36 bits per heavy atom. The molecule has 0 bridgehead atoms. The van der Waals surface area contributed by atoms with Crippen LogP contribution in [0.4, 0.5) is 4.79 Å². The molecular formula is C43H66N2O8. The third kappa shape index (κ3) is 10.5. The first-order valence-corrected chi connectivity index (χ1v) is 19.7. The summed E-state index contributed by atoms with van der Waals surface area (Å²) in [5.74, 6) is -0.210. The molecule has 2 N–H and O–H groups in total. The van der Waals surface area contributed by atoms with Gasteiger partial charge < -0.3 is 34.0 Å². The number of aliphatic hydroxyl groups is 2. The van der Waals surface area contributed by atoms with Crippen LogP contribution in [-0.4, -0.2) is 83.9 Å². The maximum Gasteiger partial charge on any atom is 0.410 e. The Bertz CT molecular complexity index is 1440. The summed E-state index contributed by atoms with van der Waals surface area (Å²) in [4.78, 5) is 22.3. The standard InChI is InChI=1S/C43H66N2O8/c1-10-21-45(40(48)50-29-41(4,5)6)37-28-35(44-53-42(7,8)9)33-26-30(17-13-15-22-46)32(18-14-16-23-47)38-34-27-31(49-24-11-2)19-20-36(34)52-43(37,39(33)38)51-25-12-3/h11-12,19-20,26-27,30,32,37-39,46-47H,2-3,10,13-18,21-25,28-29H2,1,4-9H3. The van der Waals surface area contributed by atoms with Crippen LogP contribution in [0.1, 0.15) is 111 Å². The molecule has 296 valence electrons. The van der Waals surface area contributed by atoms with Crippen molar-refractivity contribution in [2.45, 2.75) is 123 Å². The Balaban J connectivity index is 2.05. The van der Waals surface area contributed by atoms with E-state index in [9.17, 15) is 15.0 Å². The van der Waals surface area contributed by atoms with E-state index >= 15 is 0 Å². The topological polar surface area (TPSA) is 119 Å². The molecule has 4 rings (SSSR count). The minimum Gasteiger partial charge on any atom is -0.490 e. The number of allylic oxidation sites excluding steroid dienone is 1. The molecular weight excluding hydrogens is 672 g/mol. The first-order chi connectivity index (χ1) is 25.2. The van der Waals surface area contributed by atoms with Crippen molar-refractivity contribution < 1.29 is 38.8 Å². The smallest absolute Gasteiger partial charge is 0.410 e. The lowest BCUT2D eigenvalue weighted by atomic mass is 9.55. The third-order valence-corrected chi connectivity index (χ3v) is 10.1. The summed E-state index contributed by atoms with van der Waals surface area (Å²) in [7, 11) is 0. The summed E-state index contributed by atoms with van der Waals surface area (Å²) in [6.07, 6.45) is 11.2. The van der Waals surface area contributed by atoms with E-state index in [4.69, 9.17) is 28.9 Å². The van der Waals surface area contributed by atoms with E-state index in [1.165, 1.54) is 0 Å². The molecule has 0 aromatic heterocycles. The lowest BCUT2D eigenvalue weighted by Gasteiger charge is -2.60. The van der Waals surface area contributed by atoms with Gasteiger partial charge in [-0.25, -0.2) is 4.79 Å². The first-order valence-electron chi connectivity index (χ1n) is 19.7. The monoisotopic (exact) mass is 738 g/mol. The predicted octanol–water partition coefficient (Wildman–Crippen LogP) is 8.58. The summed E-state index contributed by atoms with van der Waals surface area (Å²) in [6.45, 7) is 23.4. The number of unbranched alkanes of at least 4 members (excludes halogenated alkanes) is 2. The van der Waals surface area contributed by atoms with Gasteiger partial charge in [-0.2, -0.15) is 0 Å². The van der Waals surface area contributed by atoms with Crippen LogP contribution in [0, 0.1) is 23.2 Å². The fourth-order valence-corrected chi connectivity index (χ4v) is 8.06. The molecule has 0 saturated heterocycles. The minimum atomic E-state index is -1.33. The van der Waals surface area contributed by atoms with Crippen molar-refractivity contribution in [2.24, 2.45) is 28.3 Å². The van der Waals surface area contributed by atoms with Crippen LogP contribution in [0.25, 0.3) is 0 Å². The van der Waals surface area contributed by atoms with Crippen LogP contribution in [0.15, 0.2) is 60.3 Å². The lowest BCUT2D eigenvalue weighted by Crippen LogP contribution is -2.70. The third-order valence-electron chi connectivity index (χ3n) is 10.1. The number of carbonyl (C=O) groups is 1. The van der Waals surface area contributed by atoms with Crippen LogP contribution in [-0.2, 0) is 14.3 Å². The number of aliphatic hydroxyl groups excluding tert-OH is 2. The molecule has 3 aliphatic rings. The highest BCUT2D eigenvalue weighted by Crippen LogP contribution is 2.62. The second-order valence-corrected chi connectivity index (χ2v) is 16.9. The van der Waals surface area contributed by atoms with Crippen LogP contribution >= 0.6 is 0 Å². The van der Waals surface area contributed by atoms with E-state index in [0.29, 0.717) is 50.3 Å². The summed E-state index contributed by atoms with van der Waals surface area (Å²) in [5.41, 5.74) is 1.98. The molecule has 6 unspecified atom stereocenters. The van der Waals surface area contributed by atoms with Gasteiger partial charge in [0, 0.05) is 37.7 Å². The fraction of sp³-hybridized carbons (Fsp3) is 0.674. The zero-order chi connectivity index (χ0) is 38.8. The Morgan fingerprint density at radius 1 is 1.04 bits per heavy atom. The highest BCUT2D eigenvalue weighted by Gasteiger charge is 2.65. The summed E-state index contributed by atoms with van der Waals surface area (Å²) < 4.78 is 26.4. The molecule has 1 amide bonds. The number of fused-ring (bicyclic) bond motifs is 2. The highest BCUT2D eigenvalue weighted by atomic mass is 16.7. The Morgan fingerprint density at radius 2 is 1.74 bits per heavy atom. The Hall–Kier alpha value is -3.34. The summed E-state index contributed by atoms with van der Waals surface area (Å²) in [5, 5.41) is 24.5. The SMILES string of the molecule is C=CCOc1ccc2c(c1)C1C(CCCCO)C(CCCCO)C=C3C(=NOC(C)(C)C)CC(N(CCC)C(=O)OCC(C)(C)C)C(OCC=C)(O2)C31. The van der Waals surface area contributed by atoms with Crippen molar-refractivity contribution in [3.05, 3.63) is 60.7 Å². The first kappa shape index (κ1) is 42.4. The van der Waals surface area contributed by atoms with Gasteiger partial charge in [0.05, 0.1) is 24.8 Å². The summed E-state index contributed by atoms with van der Waals surface area (Å²) >= 11 is 0. The quantitative estimate of drug-likeness (QED) is 0.0824. The number of benzene rings is 1. The molecule has 53 heavy (non-hydrogen) atoms. The molecule has 6 atom stereocenters. The minimum absolute atomic E-state index is 0.119. The van der Waals surface area contributed by atoms with Gasteiger partial charge in [-0.05, 0) is 93.9 Å². The Kier molecular flexibility index (Phi) is 15.0. The molecule has 0 radical (unpaired) electrons. The van der Waals surface area contributed by atoms with E-state index in [1.807, 2.05) is 60.6 Å². The highest BCUT2D eigenvalue weighted by molar-refractivity contribution is 6.03. The predicted molar refractivity (Wildman–Crippen MR) is 209 cm³/mol. The van der Waals surface area contributed by atoms with Crippen molar-refractivity contribution in [3.63, 3.8) is 0 Å². The number of ether oxygens (including phenoxy) is 4. The molecule has 1 saturated carbocycles. The second-order valence-electron chi connectivity index (χ2n) is 16.9. The largest absolute Gasteiger partial charge is 0.490 e. The van der Waals surface area contributed by atoms with Crippen molar-refractivity contribution in [1.82, 2.24) is 4.90 Å². The van der Waals surface area contributed by atoms with Gasteiger partial charge in [-0.15, -0.1) is 6.58 Å². The number of hydrogen-bond donors (Lipinski definition) is 2. The molecule has 10 nitrogen and oxygen atoms in total. The van der Waals surface area contributed by atoms with Gasteiger partial charge in [-0.1, -0.05) is 70.5 Å². The second kappa shape index (κ2) is 18.8. The molecule has 1 aromatic carbocycles. The normalized spacial score (nSPS) is 25.7. The van der Waals surface area contributed by atoms with Gasteiger partial charge in [0.1, 0.15) is 29.7 Å². The number of amides is 1. The number of carbonyl (C=O) groups excluding carboxylic acids is 1. The van der Waals surface area contributed by atoms with Crippen molar-refractivity contribution in [2.75, 3.05) is 39.6 Å². The number of nitrogens with zero attached hydrogens (tertiary/aromatic N) is 2. The maximum absolute atomic E-state index is 14.3. The number of oxime groups is 1. The average Bonchev–Trinajstić information content (AvgIpc) is 3.11. The zero-order valence-electron chi connectivity index (χ0n) is 33.4.